The molecule has 0 aliphatic heterocycles. The second-order valence-electron chi connectivity index (χ2n) is 2.04. The molecular weight excluding hydrogens is 207 g/mol. The highest BCUT2D eigenvalue weighted by Gasteiger charge is 2.05. The van der Waals surface area contributed by atoms with E-state index in [1.54, 1.807) is 13.0 Å². The Labute approximate surface area is 88.1 Å². The minimum absolute atomic E-state index is 0.164. The van der Waals surface area contributed by atoms with Gasteiger partial charge in [-0.15, -0.1) is 0 Å². The van der Waals surface area contributed by atoms with E-state index in [1.807, 2.05) is 19.9 Å². The van der Waals surface area contributed by atoms with Crippen LogP contribution in [0.2, 0.25) is 10.3 Å². The first kappa shape index (κ1) is 12.2. The Morgan fingerprint density at radius 1 is 1.38 bits per heavy atom. The van der Waals surface area contributed by atoms with E-state index in [-0.39, 0.29) is 5.15 Å². The summed E-state index contributed by atoms with van der Waals surface area (Å²) in [4.78, 5) is 3.71. The van der Waals surface area contributed by atoms with Crippen molar-refractivity contribution in [2.45, 2.75) is 20.8 Å². The molecule has 0 amide bonds. The average molecular weight is 217 g/mol. The minimum Gasteiger partial charge on any atom is -0.223 e. The van der Waals surface area contributed by atoms with E-state index in [4.69, 9.17) is 28.5 Å². The molecule has 0 aliphatic carbocycles. The van der Waals surface area contributed by atoms with E-state index >= 15 is 0 Å². The second-order valence-corrected chi connectivity index (χ2v) is 2.78. The summed E-state index contributed by atoms with van der Waals surface area (Å²) in [5, 5.41) is 9.05. The number of aromatic nitrogens is 1. The maximum absolute atomic E-state index is 8.57. The second kappa shape index (κ2) is 5.80. The Morgan fingerprint density at radius 3 is 2.31 bits per heavy atom. The quantitative estimate of drug-likeness (QED) is 0.622. The third-order valence-corrected chi connectivity index (χ3v) is 1.72. The Morgan fingerprint density at radius 2 is 1.92 bits per heavy atom. The summed E-state index contributed by atoms with van der Waals surface area (Å²) in [5.74, 6) is 0. The predicted molar refractivity (Wildman–Crippen MR) is 55.1 cm³/mol. The highest BCUT2D eigenvalue weighted by molar-refractivity contribution is 6.33. The zero-order valence-corrected chi connectivity index (χ0v) is 9.24. The molecule has 0 saturated heterocycles. The molecule has 0 fully saturated rings. The van der Waals surface area contributed by atoms with Gasteiger partial charge in [-0.2, -0.15) is 5.26 Å². The van der Waals surface area contributed by atoms with Crippen molar-refractivity contribution in [2.24, 2.45) is 0 Å². The van der Waals surface area contributed by atoms with Crippen LogP contribution in [0.1, 0.15) is 25.0 Å². The maximum Gasteiger partial charge on any atom is 0.148 e. The van der Waals surface area contributed by atoms with Gasteiger partial charge in [0.05, 0.1) is 5.56 Å². The van der Waals surface area contributed by atoms with Crippen molar-refractivity contribution in [1.82, 2.24) is 4.98 Å². The van der Waals surface area contributed by atoms with Crippen LogP contribution in [0.3, 0.4) is 0 Å². The fourth-order valence-corrected chi connectivity index (χ4v) is 1.30. The molecular formula is C9H10Cl2N2. The molecule has 0 aromatic carbocycles. The van der Waals surface area contributed by atoms with E-state index in [0.29, 0.717) is 10.7 Å². The molecule has 2 nitrogen and oxygen atoms in total. The van der Waals surface area contributed by atoms with Gasteiger partial charge in [0.15, 0.2) is 0 Å². The SMILES string of the molecule is CC.Cc1cc(Cl)nc(Cl)c1C#N. The average Bonchev–Trinajstić information content (AvgIpc) is 2.07. The van der Waals surface area contributed by atoms with Gasteiger partial charge in [0.2, 0.25) is 0 Å². The lowest BCUT2D eigenvalue weighted by Crippen LogP contribution is -1.87. The van der Waals surface area contributed by atoms with E-state index in [9.17, 15) is 0 Å². The van der Waals surface area contributed by atoms with Crippen molar-refractivity contribution in [3.63, 3.8) is 0 Å². The highest BCUT2D eigenvalue weighted by Crippen LogP contribution is 2.19. The van der Waals surface area contributed by atoms with Gasteiger partial charge >= 0.3 is 0 Å². The van der Waals surface area contributed by atoms with Crippen LogP contribution in [-0.4, -0.2) is 4.98 Å². The van der Waals surface area contributed by atoms with Crippen molar-refractivity contribution < 1.29 is 0 Å². The summed E-state index contributed by atoms with van der Waals surface area (Å²) in [6, 6.07) is 3.54. The van der Waals surface area contributed by atoms with E-state index in [0.717, 1.165) is 5.56 Å². The molecule has 0 unspecified atom stereocenters. The van der Waals surface area contributed by atoms with Gasteiger partial charge in [-0.1, -0.05) is 37.0 Å². The van der Waals surface area contributed by atoms with Gasteiger partial charge in [-0.3, -0.25) is 0 Å². The van der Waals surface area contributed by atoms with E-state index < -0.39 is 0 Å². The first-order valence-electron chi connectivity index (χ1n) is 3.88. The van der Waals surface area contributed by atoms with Crippen molar-refractivity contribution in [3.05, 3.63) is 27.5 Å². The molecule has 0 spiro atoms. The molecule has 1 heterocycles. The Hall–Kier alpha value is -0.780. The fraction of sp³-hybridized carbons (Fsp3) is 0.333. The number of hydrogen-bond donors (Lipinski definition) is 0. The number of aryl methyl sites for hydroxylation is 1. The molecule has 0 bridgehead atoms. The first-order valence-corrected chi connectivity index (χ1v) is 4.63. The molecule has 0 saturated carbocycles. The Balaban J connectivity index is 0.000000671. The Kier molecular flexibility index (Phi) is 5.45. The van der Waals surface area contributed by atoms with Crippen LogP contribution < -0.4 is 0 Å². The van der Waals surface area contributed by atoms with Crippen LogP contribution in [-0.2, 0) is 0 Å². The number of hydrogen-bond acceptors (Lipinski definition) is 2. The number of pyridine rings is 1. The fourth-order valence-electron chi connectivity index (χ4n) is 0.730. The summed E-state index contributed by atoms with van der Waals surface area (Å²) in [5.41, 5.74) is 1.13. The van der Waals surface area contributed by atoms with Crippen molar-refractivity contribution >= 4 is 23.2 Å². The molecule has 0 aliphatic rings. The van der Waals surface area contributed by atoms with Gasteiger partial charge in [-0.05, 0) is 18.6 Å². The third kappa shape index (κ3) is 3.22. The molecule has 1 rings (SSSR count). The largest absolute Gasteiger partial charge is 0.223 e. The minimum atomic E-state index is 0.164. The summed E-state index contributed by atoms with van der Waals surface area (Å²) < 4.78 is 0. The van der Waals surface area contributed by atoms with Gasteiger partial charge in [0.1, 0.15) is 16.4 Å². The first-order chi connectivity index (χ1) is 6.15. The zero-order chi connectivity index (χ0) is 10.4. The van der Waals surface area contributed by atoms with Crippen LogP contribution in [0, 0.1) is 18.3 Å². The monoisotopic (exact) mass is 216 g/mol. The highest BCUT2D eigenvalue weighted by atomic mass is 35.5. The molecule has 4 heteroatoms. The number of halogens is 2. The molecule has 70 valence electrons. The van der Waals surface area contributed by atoms with Crippen molar-refractivity contribution in [2.75, 3.05) is 0 Å². The van der Waals surface area contributed by atoms with Crippen LogP contribution in [0.25, 0.3) is 0 Å². The normalized spacial score (nSPS) is 8.31. The summed E-state index contributed by atoms with van der Waals surface area (Å²) in [7, 11) is 0. The predicted octanol–water partition coefficient (Wildman–Crippen LogP) is 3.59. The molecule has 1 aromatic heterocycles. The summed E-state index contributed by atoms with van der Waals surface area (Å²) >= 11 is 11.2. The van der Waals surface area contributed by atoms with Gasteiger partial charge in [0.25, 0.3) is 0 Å². The number of nitrogens with zero attached hydrogens (tertiary/aromatic N) is 2. The van der Waals surface area contributed by atoms with Gasteiger partial charge in [0, 0.05) is 0 Å². The van der Waals surface area contributed by atoms with Crippen LogP contribution in [0.15, 0.2) is 6.07 Å². The molecule has 0 radical (unpaired) electrons. The van der Waals surface area contributed by atoms with Crippen LogP contribution in [0.5, 0.6) is 0 Å². The smallest absolute Gasteiger partial charge is 0.148 e. The maximum atomic E-state index is 8.57. The standard InChI is InChI=1S/C7H4Cl2N2.C2H6/c1-4-2-6(8)11-7(9)5(4)3-10;1-2/h2H,1H3;1-2H3. The summed E-state index contributed by atoms with van der Waals surface area (Å²) in [6.07, 6.45) is 0. The van der Waals surface area contributed by atoms with E-state index in [1.165, 1.54) is 0 Å². The van der Waals surface area contributed by atoms with Crippen LogP contribution in [0.4, 0.5) is 0 Å². The van der Waals surface area contributed by atoms with Gasteiger partial charge < -0.3 is 0 Å². The van der Waals surface area contributed by atoms with E-state index in [2.05, 4.69) is 4.98 Å². The lowest BCUT2D eigenvalue weighted by Gasteiger charge is -1.98. The van der Waals surface area contributed by atoms with Crippen LogP contribution >= 0.6 is 23.2 Å². The molecule has 1 aromatic rings. The number of nitriles is 1. The third-order valence-electron chi connectivity index (χ3n) is 1.25. The summed E-state index contributed by atoms with van der Waals surface area (Å²) in [6.45, 7) is 5.76. The Bertz CT molecular complexity index is 306. The van der Waals surface area contributed by atoms with Gasteiger partial charge in [-0.25, -0.2) is 4.98 Å². The molecule has 13 heavy (non-hydrogen) atoms. The van der Waals surface area contributed by atoms with Crippen molar-refractivity contribution in [1.29, 1.82) is 5.26 Å². The molecule has 0 atom stereocenters. The topological polar surface area (TPSA) is 36.7 Å². The lowest BCUT2D eigenvalue weighted by atomic mass is 10.2. The van der Waals surface area contributed by atoms with Crippen molar-refractivity contribution in [3.8, 4) is 6.07 Å². The number of rotatable bonds is 0. The lowest BCUT2D eigenvalue weighted by molar-refractivity contribution is 1.25. The molecule has 0 N–H and O–H groups in total. The zero-order valence-electron chi connectivity index (χ0n) is 7.73.